The van der Waals surface area contributed by atoms with Crippen LogP contribution in [0.1, 0.15) is 17.3 Å². The minimum atomic E-state index is -0.830. The van der Waals surface area contributed by atoms with Gasteiger partial charge >= 0.3 is 5.97 Å². The molecule has 0 radical (unpaired) electrons. The highest BCUT2D eigenvalue weighted by Crippen LogP contribution is 2.31. The van der Waals surface area contributed by atoms with E-state index in [0.717, 1.165) is 41.8 Å². The van der Waals surface area contributed by atoms with E-state index in [9.17, 15) is 9.90 Å². The molecule has 0 unspecified atom stereocenters. The van der Waals surface area contributed by atoms with Gasteiger partial charge in [-0.05, 0) is 24.3 Å². The second-order valence-corrected chi connectivity index (χ2v) is 7.24. The van der Waals surface area contributed by atoms with Crippen LogP contribution < -0.4 is 0 Å². The molecule has 140 valence electrons. The van der Waals surface area contributed by atoms with Gasteiger partial charge in [0.15, 0.2) is 0 Å². The summed E-state index contributed by atoms with van der Waals surface area (Å²) >= 11 is 6.04. The van der Waals surface area contributed by atoms with Crippen molar-refractivity contribution in [2.24, 2.45) is 0 Å². The Labute approximate surface area is 162 Å². The fourth-order valence-corrected chi connectivity index (χ4v) is 3.91. The first-order valence-electron chi connectivity index (χ1n) is 8.97. The first kappa shape index (κ1) is 18.0. The predicted molar refractivity (Wildman–Crippen MR) is 105 cm³/mol. The van der Waals surface area contributed by atoms with Gasteiger partial charge in [0.1, 0.15) is 6.04 Å². The number of hydrogen-bond donors (Lipinski definition) is 2. The average Bonchev–Trinajstić information content (AvgIpc) is 3.06. The summed E-state index contributed by atoms with van der Waals surface area (Å²) in [6.45, 7) is 3.81. The molecule has 27 heavy (non-hydrogen) atoms. The lowest BCUT2D eigenvalue weighted by atomic mass is 10.0. The van der Waals surface area contributed by atoms with E-state index in [-0.39, 0.29) is 0 Å². The molecule has 1 atom stereocenters. The molecule has 0 spiro atoms. The number of carbonyl (C=O) groups is 1. The average molecular weight is 385 g/mol. The van der Waals surface area contributed by atoms with E-state index < -0.39 is 12.0 Å². The van der Waals surface area contributed by atoms with Gasteiger partial charge in [-0.25, -0.2) is 0 Å². The van der Waals surface area contributed by atoms with Crippen molar-refractivity contribution >= 4 is 28.5 Å². The Kier molecular flexibility index (Phi) is 5.11. The minimum Gasteiger partial charge on any atom is -0.480 e. The maximum atomic E-state index is 12.1. The van der Waals surface area contributed by atoms with Crippen LogP contribution in [-0.4, -0.2) is 57.0 Å². The molecule has 1 aliphatic rings. The first-order chi connectivity index (χ1) is 13.1. The van der Waals surface area contributed by atoms with E-state index in [1.54, 1.807) is 18.5 Å². The molecule has 1 saturated heterocycles. The number of H-pyrrole nitrogens is 1. The van der Waals surface area contributed by atoms with Crippen LogP contribution in [0.2, 0.25) is 5.02 Å². The largest absolute Gasteiger partial charge is 0.480 e. The van der Waals surface area contributed by atoms with E-state index in [4.69, 9.17) is 11.6 Å². The molecule has 3 aromatic rings. The maximum absolute atomic E-state index is 12.1. The number of aromatic nitrogens is 2. The standard InChI is InChI=1S/C20H21ClN4O2/c21-14-4-5-16-17(12-23-18(16)11-14)19(20(26)27)25-9-7-24(8-10-25)13-15-3-1-2-6-22-15/h1-6,11-12,19,23H,7-10,13H2,(H,26,27)/t19-/m1/s1. The van der Waals surface area contributed by atoms with Gasteiger partial charge in [-0.3, -0.25) is 19.6 Å². The Morgan fingerprint density at radius 2 is 2.04 bits per heavy atom. The molecule has 0 saturated carbocycles. The molecule has 1 fully saturated rings. The third kappa shape index (κ3) is 3.83. The number of pyridine rings is 1. The van der Waals surface area contributed by atoms with Gasteiger partial charge in [-0.2, -0.15) is 0 Å². The number of carboxylic acids is 1. The smallest absolute Gasteiger partial charge is 0.325 e. The second-order valence-electron chi connectivity index (χ2n) is 6.81. The van der Waals surface area contributed by atoms with E-state index in [2.05, 4.69) is 14.9 Å². The number of halogens is 1. The number of piperazine rings is 1. The normalized spacial score (nSPS) is 17.2. The zero-order chi connectivity index (χ0) is 18.8. The Morgan fingerprint density at radius 1 is 1.22 bits per heavy atom. The second kappa shape index (κ2) is 7.68. The Balaban J connectivity index is 1.49. The van der Waals surface area contributed by atoms with E-state index in [1.807, 2.05) is 35.2 Å². The number of nitrogens with zero attached hydrogens (tertiary/aromatic N) is 3. The van der Waals surface area contributed by atoms with E-state index in [1.165, 1.54) is 0 Å². The van der Waals surface area contributed by atoms with Crippen molar-refractivity contribution in [3.8, 4) is 0 Å². The van der Waals surface area contributed by atoms with Crippen molar-refractivity contribution in [2.75, 3.05) is 26.2 Å². The van der Waals surface area contributed by atoms with Crippen molar-refractivity contribution in [3.63, 3.8) is 0 Å². The van der Waals surface area contributed by atoms with Crippen LogP contribution in [-0.2, 0) is 11.3 Å². The van der Waals surface area contributed by atoms with Crippen LogP contribution in [0.15, 0.2) is 48.8 Å². The van der Waals surface area contributed by atoms with Crippen molar-refractivity contribution in [1.82, 2.24) is 19.8 Å². The highest BCUT2D eigenvalue weighted by Gasteiger charge is 2.32. The number of nitrogens with one attached hydrogen (secondary N) is 1. The van der Waals surface area contributed by atoms with Gasteiger partial charge in [0.05, 0.1) is 5.69 Å². The lowest BCUT2D eigenvalue weighted by molar-refractivity contribution is -0.144. The summed E-state index contributed by atoms with van der Waals surface area (Å²) in [6.07, 6.45) is 3.59. The molecular formula is C20H21ClN4O2. The minimum absolute atomic E-state index is 0.630. The van der Waals surface area contributed by atoms with Crippen molar-refractivity contribution in [3.05, 3.63) is 65.1 Å². The molecular weight excluding hydrogens is 364 g/mol. The fourth-order valence-electron chi connectivity index (χ4n) is 3.73. The first-order valence-corrected chi connectivity index (χ1v) is 9.35. The highest BCUT2D eigenvalue weighted by atomic mass is 35.5. The quantitative estimate of drug-likeness (QED) is 0.707. The van der Waals surface area contributed by atoms with E-state index >= 15 is 0 Å². The van der Waals surface area contributed by atoms with E-state index in [0.29, 0.717) is 18.1 Å². The SMILES string of the molecule is O=C(O)[C@@H](c1c[nH]c2cc(Cl)ccc12)N1CCN(Cc2ccccn2)CC1. The molecule has 6 nitrogen and oxygen atoms in total. The number of aromatic amines is 1. The third-order valence-electron chi connectivity index (χ3n) is 5.09. The van der Waals surface area contributed by atoms with Crippen LogP contribution in [0, 0.1) is 0 Å². The number of aliphatic carboxylic acids is 1. The molecule has 7 heteroatoms. The van der Waals surface area contributed by atoms with Crippen LogP contribution in [0.4, 0.5) is 0 Å². The number of hydrogen-bond acceptors (Lipinski definition) is 4. The number of carboxylic acid groups (broad SMARTS) is 1. The third-order valence-corrected chi connectivity index (χ3v) is 5.32. The summed E-state index contributed by atoms with van der Waals surface area (Å²) in [6, 6.07) is 10.8. The summed E-state index contributed by atoms with van der Waals surface area (Å²) in [4.78, 5) is 23.9. The van der Waals surface area contributed by atoms with Gasteiger partial charge in [0.25, 0.3) is 0 Å². The van der Waals surface area contributed by atoms with Gasteiger partial charge in [-0.15, -0.1) is 0 Å². The lowest BCUT2D eigenvalue weighted by Gasteiger charge is -2.37. The predicted octanol–water partition coefficient (Wildman–Crippen LogP) is 3.16. The van der Waals surface area contributed by atoms with Crippen LogP contribution >= 0.6 is 11.6 Å². The molecule has 0 amide bonds. The maximum Gasteiger partial charge on any atom is 0.325 e. The monoisotopic (exact) mass is 384 g/mol. The van der Waals surface area contributed by atoms with Crippen molar-refractivity contribution in [2.45, 2.75) is 12.6 Å². The number of rotatable bonds is 5. The highest BCUT2D eigenvalue weighted by molar-refractivity contribution is 6.31. The number of benzene rings is 1. The van der Waals surface area contributed by atoms with Gasteiger partial charge in [0, 0.05) is 66.6 Å². The summed E-state index contributed by atoms with van der Waals surface area (Å²) in [5, 5.41) is 11.4. The van der Waals surface area contributed by atoms with Gasteiger partial charge < -0.3 is 10.1 Å². The zero-order valence-corrected chi connectivity index (χ0v) is 15.6. The van der Waals surface area contributed by atoms with Crippen molar-refractivity contribution in [1.29, 1.82) is 0 Å². The zero-order valence-electron chi connectivity index (χ0n) is 14.8. The molecule has 0 aliphatic carbocycles. The Hall–Kier alpha value is -2.41. The summed E-state index contributed by atoms with van der Waals surface area (Å²) in [5.74, 6) is -0.830. The fraction of sp³-hybridized carbons (Fsp3) is 0.300. The molecule has 1 aliphatic heterocycles. The Morgan fingerprint density at radius 3 is 2.74 bits per heavy atom. The van der Waals surface area contributed by atoms with Crippen LogP contribution in [0.5, 0.6) is 0 Å². The van der Waals surface area contributed by atoms with Gasteiger partial charge in [-0.1, -0.05) is 23.7 Å². The summed E-state index contributed by atoms with van der Waals surface area (Å²) in [7, 11) is 0. The topological polar surface area (TPSA) is 72.5 Å². The van der Waals surface area contributed by atoms with Crippen LogP contribution in [0.3, 0.4) is 0 Å². The van der Waals surface area contributed by atoms with Gasteiger partial charge in [0.2, 0.25) is 0 Å². The summed E-state index contributed by atoms with van der Waals surface area (Å²) in [5.41, 5.74) is 2.68. The summed E-state index contributed by atoms with van der Waals surface area (Å²) < 4.78 is 0. The molecule has 2 aromatic heterocycles. The molecule has 3 heterocycles. The number of fused-ring (bicyclic) bond motifs is 1. The molecule has 2 N–H and O–H groups in total. The molecule has 0 bridgehead atoms. The lowest BCUT2D eigenvalue weighted by Crippen LogP contribution is -2.48. The van der Waals surface area contributed by atoms with Crippen LogP contribution in [0.25, 0.3) is 10.9 Å². The molecule has 4 rings (SSSR count). The molecule has 1 aromatic carbocycles. The van der Waals surface area contributed by atoms with Crippen molar-refractivity contribution < 1.29 is 9.90 Å². The Bertz CT molecular complexity index is 936.